The molecule has 3 aromatic rings. The van der Waals surface area contributed by atoms with Crippen LogP contribution in [0.4, 0.5) is 11.5 Å². The molecule has 2 N–H and O–H groups in total. The van der Waals surface area contributed by atoms with Crippen LogP contribution in [-0.4, -0.2) is 80.4 Å². The van der Waals surface area contributed by atoms with Gasteiger partial charge in [0, 0.05) is 51.1 Å². The Kier molecular flexibility index (Phi) is 10.3. The number of likely N-dealkylation sites (N-methyl/N-ethyl adjacent to an activating group) is 1. The maximum atomic E-state index is 13.0. The maximum Gasteiger partial charge on any atom is 0.250 e. The molecular formula is C33H42N6O3. The molecule has 0 unspecified atom stereocenters. The van der Waals surface area contributed by atoms with E-state index >= 15 is 0 Å². The predicted octanol–water partition coefficient (Wildman–Crippen LogP) is 5.47. The number of hydrogen-bond acceptors (Lipinski definition) is 7. The number of ether oxygens (including phenoxy) is 2. The van der Waals surface area contributed by atoms with Gasteiger partial charge in [0.1, 0.15) is 17.3 Å². The second-order valence-electron chi connectivity index (χ2n) is 10.4. The minimum atomic E-state index is -0.107. The monoisotopic (exact) mass is 570 g/mol. The molecule has 0 aliphatic carbocycles. The quantitative estimate of drug-likeness (QED) is 0.234. The lowest BCUT2D eigenvalue weighted by Gasteiger charge is -2.25. The molecule has 9 nitrogen and oxygen atoms in total. The van der Waals surface area contributed by atoms with E-state index in [1.807, 2.05) is 75.5 Å². The van der Waals surface area contributed by atoms with E-state index in [-0.39, 0.29) is 5.91 Å². The average molecular weight is 571 g/mol. The summed E-state index contributed by atoms with van der Waals surface area (Å²) in [6.45, 7) is 10.0. The van der Waals surface area contributed by atoms with E-state index in [0.717, 1.165) is 73.1 Å². The number of nitrogens with zero attached hydrogens (tertiary/aromatic N) is 4. The van der Waals surface area contributed by atoms with E-state index < -0.39 is 0 Å². The van der Waals surface area contributed by atoms with Crippen LogP contribution in [0, 0.1) is 12.3 Å². The average Bonchev–Trinajstić information content (AvgIpc) is 3.41. The van der Waals surface area contributed by atoms with Crippen LogP contribution in [0.3, 0.4) is 0 Å². The van der Waals surface area contributed by atoms with Gasteiger partial charge in [0.2, 0.25) is 5.91 Å². The van der Waals surface area contributed by atoms with Crippen molar-refractivity contribution >= 4 is 23.1 Å². The van der Waals surface area contributed by atoms with Gasteiger partial charge in [-0.25, -0.2) is 4.68 Å². The molecule has 9 heteroatoms. The van der Waals surface area contributed by atoms with Crippen LogP contribution >= 0.6 is 0 Å². The molecule has 222 valence electrons. The first-order chi connectivity index (χ1) is 20.3. The fourth-order valence-corrected chi connectivity index (χ4v) is 4.84. The first kappa shape index (κ1) is 30.7. The summed E-state index contributed by atoms with van der Waals surface area (Å²) in [6.07, 6.45) is 6.28. The van der Waals surface area contributed by atoms with Gasteiger partial charge in [0.25, 0.3) is 0 Å². The van der Waals surface area contributed by atoms with Crippen molar-refractivity contribution < 1.29 is 14.3 Å². The molecule has 4 rings (SSSR count). The summed E-state index contributed by atoms with van der Waals surface area (Å²) < 4.78 is 12.8. The summed E-state index contributed by atoms with van der Waals surface area (Å²) >= 11 is 0. The number of aromatic nitrogens is 2. The fraction of sp³-hybridized carbons (Fsp3) is 0.364. The van der Waals surface area contributed by atoms with Gasteiger partial charge in [-0.3, -0.25) is 9.69 Å². The molecule has 0 saturated carbocycles. The van der Waals surface area contributed by atoms with Crippen LogP contribution in [0.1, 0.15) is 31.4 Å². The van der Waals surface area contributed by atoms with Gasteiger partial charge in [0.15, 0.2) is 0 Å². The summed E-state index contributed by atoms with van der Waals surface area (Å²) in [5.41, 5.74) is 6.21. The second-order valence-corrected chi connectivity index (χ2v) is 10.4. The van der Waals surface area contributed by atoms with Crippen LogP contribution in [0.2, 0.25) is 0 Å². The van der Waals surface area contributed by atoms with Crippen LogP contribution in [0.15, 0.2) is 66.3 Å². The SMILES string of the molecule is CC/C(C)=C/C(=N)c1c(-c2ccc(C)c(OC)c2)nn(-c2cccc(N(C)C(=O)C=CCN3CCOCC3)c2)c1NC. The van der Waals surface area contributed by atoms with Gasteiger partial charge in [0.05, 0.1) is 37.3 Å². The second kappa shape index (κ2) is 14.1. The first-order valence-electron chi connectivity index (χ1n) is 14.3. The number of amides is 1. The number of carbonyl (C=O) groups excluding carboxylic acids is 1. The van der Waals surface area contributed by atoms with Crippen LogP contribution in [-0.2, 0) is 9.53 Å². The molecule has 0 spiro atoms. The van der Waals surface area contributed by atoms with Gasteiger partial charge in [-0.2, -0.15) is 5.10 Å². The molecular weight excluding hydrogens is 528 g/mol. The number of anilines is 2. The Hall–Kier alpha value is -4.21. The van der Waals surface area contributed by atoms with E-state index in [2.05, 4.69) is 17.1 Å². The Morgan fingerprint density at radius 2 is 1.98 bits per heavy atom. The molecule has 1 aliphatic heterocycles. The van der Waals surface area contributed by atoms with Crippen LogP contribution in [0.25, 0.3) is 16.9 Å². The molecule has 1 saturated heterocycles. The highest BCUT2D eigenvalue weighted by atomic mass is 16.5. The van der Waals surface area contributed by atoms with Crippen molar-refractivity contribution in [3.05, 3.63) is 77.4 Å². The zero-order valence-corrected chi connectivity index (χ0v) is 25.5. The highest BCUT2D eigenvalue weighted by Crippen LogP contribution is 2.35. The third kappa shape index (κ3) is 6.98. The summed E-state index contributed by atoms with van der Waals surface area (Å²) in [7, 11) is 5.26. The minimum absolute atomic E-state index is 0.107. The van der Waals surface area contributed by atoms with E-state index in [9.17, 15) is 4.79 Å². The van der Waals surface area contributed by atoms with Gasteiger partial charge < -0.3 is 25.1 Å². The third-order valence-electron chi connectivity index (χ3n) is 7.54. The molecule has 2 heterocycles. The summed E-state index contributed by atoms with van der Waals surface area (Å²) in [4.78, 5) is 16.9. The molecule has 42 heavy (non-hydrogen) atoms. The molecule has 0 radical (unpaired) electrons. The maximum absolute atomic E-state index is 13.0. The number of carbonyl (C=O) groups is 1. The largest absolute Gasteiger partial charge is 0.496 e. The zero-order valence-electron chi connectivity index (χ0n) is 25.5. The van der Waals surface area contributed by atoms with E-state index in [4.69, 9.17) is 20.0 Å². The van der Waals surface area contributed by atoms with Crippen molar-refractivity contribution in [3.8, 4) is 22.7 Å². The third-order valence-corrected chi connectivity index (χ3v) is 7.54. The number of allylic oxidation sites excluding steroid dienone is 2. The topological polar surface area (TPSA) is 95.7 Å². The number of nitrogens with one attached hydrogen (secondary N) is 2. The molecule has 1 fully saturated rings. The summed E-state index contributed by atoms with van der Waals surface area (Å²) in [6, 6.07) is 13.7. The van der Waals surface area contributed by atoms with Crippen molar-refractivity contribution in [1.29, 1.82) is 5.41 Å². The standard InChI is InChI=1S/C33H42N6O3/c1-7-23(2)20-28(34)31-32(25-14-13-24(3)29(21-25)41-6)36-39(33(31)35-4)27-11-8-10-26(22-27)37(5)30(40)12-9-15-38-16-18-42-19-17-38/h8-14,20-22,34-35H,7,15-19H2,1-6H3/b12-9?,23-20+,34-28?. The fourth-order valence-electron chi connectivity index (χ4n) is 4.84. The lowest BCUT2D eigenvalue weighted by atomic mass is 10.0. The van der Waals surface area contributed by atoms with E-state index in [1.165, 1.54) is 0 Å². The highest BCUT2D eigenvalue weighted by molar-refractivity contribution is 6.14. The number of morpholine rings is 1. The lowest BCUT2D eigenvalue weighted by molar-refractivity contribution is -0.113. The number of aryl methyl sites for hydroxylation is 1. The van der Waals surface area contributed by atoms with Gasteiger partial charge in [-0.15, -0.1) is 0 Å². The summed E-state index contributed by atoms with van der Waals surface area (Å²) in [5.74, 6) is 1.34. The minimum Gasteiger partial charge on any atom is -0.496 e. The molecule has 0 atom stereocenters. The van der Waals surface area contributed by atoms with Crippen molar-refractivity contribution in [3.63, 3.8) is 0 Å². The Morgan fingerprint density at radius 1 is 1.21 bits per heavy atom. The van der Waals surface area contributed by atoms with Crippen molar-refractivity contribution in [1.82, 2.24) is 14.7 Å². The van der Waals surface area contributed by atoms with E-state index in [0.29, 0.717) is 22.8 Å². The smallest absolute Gasteiger partial charge is 0.250 e. The Bertz CT molecular complexity index is 1480. The molecule has 1 amide bonds. The molecule has 0 bridgehead atoms. The zero-order chi connectivity index (χ0) is 30.2. The molecule has 1 aliphatic rings. The Morgan fingerprint density at radius 3 is 2.67 bits per heavy atom. The molecule has 1 aromatic heterocycles. The van der Waals surface area contributed by atoms with Crippen LogP contribution < -0.4 is 15.0 Å². The highest BCUT2D eigenvalue weighted by Gasteiger charge is 2.23. The predicted molar refractivity (Wildman–Crippen MR) is 171 cm³/mol. The van der Waals surface area contributed by atoms with E-state index in [1.54, 1.807) is 29.8 Å². The van der Waals surface area contributed by atoms with Crippen LogP contribution in [0.5, 0.6) is 5.75 Å². The number of methoxy groups -OCH3 is 1. The van der Waals surface area contributed by atoms with Crippen molar-refractivity contribution in [2.24, 2.45) is 0 Å². The lowest BCUT2D eigenvalue weighted by Crippen LogP contribution is -2.36. The number of hydrogen-bond donors (Lipinski definition) is 2. The normalized spacial score (nSPS) is 14.3. The molecule has 2 aromatic carbocycles. The Labute approximate surface area is 248 Å². The van der Waals surface area contributed by atoms with Crippen molar-refractivity contribution in [2.75, 3.05) is 64.3 Å². The Balaban J connectivity index is 1.72. The number of benzene rings is 2. The van der Waals surface area contributed by atoms with Gasteiger partial charge >= 0.3 is 0 Å². The van der Waals surface area contributed by atoms with Gasteiger partial charge in [-0.05, 0) is 56.2 Å². The van der Waals surface area contributed by atoms with Crippen molar-refractivity contribution in [2.45, 2.75) is 27.2 Å². The van der Waals surface area contributed by atoms with Gasteiger partial charge in [-0.1, -0.05) is 36.8 Å². The number of rotatable bonds is 11. The summed E-state index contributed by atoms with van der Waals surface area (Å²) in [5, 5.41) is 17.4. The first-order valence-corrected chi connectivity index (χ1v) is 14.3.